The topological polar surface area (TPSA) is 56.8 Å². The quantitative estimate of drug-likeness (QED) is 0.380. The van der Waals surface area contributed by atoms with E-state index in [-0.39, 0.29) is 0 Å². The standard InChI is InChI=1S/C28H26N4.2ClH.Cu/c1-3-7-21(8-4-1)17-29-19-25-15-13-23-11-12-24-14-16-26(32-28(24)27(23)31-25)20-30-18-22-9-5-2-6-10-22;;;/h1-16,29-30H,17-20H2;2*1H;/q-2;;;+2/p-1. The van der Waals surface area contributed by atoms with Crippen molar-refractivity contribution in [3.05, 3.63) is 129 Å². The van der Waals surface area contributed by atoms with E-state index >= 15 is 0 Å². The summed E-state index contributed by atoms with van der Waals surface area (Å²) in [6.45, 7) is 3.35. The maximum absolute atomic E-state index is 4.99. The molecule has 0 saturated heterocycles. The van der Waals surface area contributed by atoms with E-state index in [0.29, 0.717) is 0 Å². The average Bonchev–Trinajstić information content (AvgIpc) is 2.90. The number of rotatable bonds is 8. The van der Waals surface area contributed by atoms with Crippen molar-refractivity contribution in [1.82, 2.24) is 5.32 Å². The van der Waals surface area contributed by atoms with Crippen molar-refractivity contribution < 1.29 is 18.5 Å². The number of hydrogen-bond donors (Lipinski definition) is 2. The molecule has 0 aliphatic carbocycles. The van der Waals surface area contributed by atoms with E-state index in [2.05, 4.69) is 122 Å². The third-order valence-electron chi connectivity index (χ3n) is 5.69. The van der Waals surface area contributed by atoms with E-state index < -0.39 is 0 Å². The summed E-state index contributed by atoms with van der Waals surface area (Å²) >= 11 is 0.757. The molecule has 0 aromatic heterocycles. The Bertz CT molecular complexity index is 1190. The van der Waals surface area contributed by atoms with Crippen LogP contribution in [0, 0.1) is 0 Å². The molecule has 3 aromatic carbocycles. The molecule has 3 N–H and O–H groups in total. The van der Waals surface area contributed by atoms with Gasteiger partial charge < -0.3 is 21.3 Å². The Morgan fingerprint density at radius 3 is 1.80 bits per heavy atom. The van der Waals surface area contributed by atoms with Crippen LogP contribution >= 0.6 is 20.2 Å². The summed E-state index contributed by atoms with van der Waals surface area (Å²) in [7, 11) is 9.34. The van der Waals surface area contributed by atoms with Crippen LogP contribution in [0.4, 0.5) is 11.4 Å². The first-order valence-electron chi connectivity index (χ1n) is 11.4. The summed E-state index contributed by atoms with van der Waals surface area (Å²) < 4.78 is 0. The van der Waals surface area contributed by atoms with Gasteiger partial charge in [-0.25, -0.2) is 0 Å². The van der Waals surface area contributed by atoms with Gasteiger partial charge in [0.2, 0.25) is 0 Å². The van der Waals surface area contributed by atoms with Gasteiger partial charge in [-0.15, -0.1) is 22.8 Å². The number of nitrogens with two attached hydrogens (primary N) is 1. The summed E-state index contributed by atoms with van der Waals surface area (Å²) in [4.78, 5) is 0. The van der Waals surface area contributed by atoms with Crippen LogP contribution in [0.3, 0.4) is 0 Å². The Balaban J connectivity index is 0.000000917. The van der Waals surface area contributed by atoms with Crippen LogP contribution < -0.4 is 21.1 Å². The van der Waals surface area contributed by atoms with Crippen LogP contribution in [0.25, 0.3) is 22.8 Å². The first kappa shape index (κ1) is 25.6. The second-order valence-electron chi connectivity index (χ2n) is 8.13. The van der Waals surface area contributed by atoms with Gasteiger partial charge in [-0.2, -0.15) is 0 Å². The molecule has 0 atom stereocenters. The van der Waals surface area contributed by atoms with Crippen LogP contribution in [0.1, 0.15) is 11.1 Å². The molecule has 0 bridgehead atoms. The molecule has 2 heterocycles. The predicted octanol–water partition coefficient (Wildman–Crippen LogP) is 4.98. The molecule has 5 rings (SSSR count). The van der Waals surface area contributed by atoms with Gasteiger partial charge in [0.1, 0.15) is 6.54 Å². The predicted molar refractivity (Wildman–Crippen MR) is 144 cm³/mol. The Morgan fingerprint density at radius 1 is 0.629 bits per heavy atom. The monoisotopic (exact) mass is 552 g/mol. The van der Waals surface area contributed by atoms with Crippen molar-refractivity contribution >= 4 is 43.7 Å². The molecule has 0 unspecified atom stereocenters. The van der Waals surface area contributed by atoms with Crippen molar-refractivity contribution in [2.75, 3.05) is 13.1 Å². The molecule has 7 heteroatoms. The van der Waals surface area contributed by atoms with Crippen LogP contribution in [-0.4, -0.2) is 13.1 Å². The van der Waals surface area contributed by atoms with Gasteiger partial charge >= 0.3 is 33.3 Å². The second-order valence-corrected chi connectivity index (χ2v) is 9.68. The summed E-state index contributed by atoms with van der Waals surface area (Å²) in [5, 5.41) is 18.0. The fraction of sp³-hybridized carbons (Fsp3) is 0.143. The van der Waals surface area contributed by atoms with Crippen LogP contribution in [-0.2, 0) is 26.2 Å². The SMILES string of the molecule is C1=C(CNCc2ccccc2)[N-]c2c3c(ccc2=C1)=CC=C(C[NH2+]Cc1ccccc1)[N-]3.[Cl][Cu][Cl]. The molecule has 185 valence electrons. The third kappa shape index (κ3) is 7.49. The van der Waals surface area contributed by atoms with Gasteiger partial charge in [-0.3, -0.25) is 0 Å². The number of halogens is 2. The van der Waals surface area contributed by atoms with Crippen LogP contribution in [0.5, 0.6) is 0 Å². The van der Waals surface area contributed by atoms with Gasteiger partial charge in [-0.05, 0) is 16.0 Å². The Kier molecular flexibility index (Phi) is 9.91. The Labute approximate surface area is 221 Å². The zero-order valence-electron chi connectivity index (χ0n) is 19.1. The number of hydrogen-bond acceptors (Lipinski definition) is 1. The van der Waals surface area contributed by atoms with E-state index in [1.807, 2.05) is 6.07 Å². The van der Waals surface area contributed by atoms with Gasteiger partial charge in [0.25, 0.3) is 0 Å². The van der Waals surface area contributed by atoms with Gasteiger partial charge in [0, 0.05) is 18.7 Å². The molecule has 0 fully saturated rings. The molecule has 0 amide bonds. The van der Waals surface area contributed by atoms with Crippen molar-refractivity contribution in [1.29, 1.82) is 0 Å². The molecule has 2 aliphatic rings. The number of nitrogens with one attached hydrogen (secondary N) is 1. The average molecular weight is 554 g/mol. The van der Waals surface area contributed by atoms with E-state index in [1.54, 1.807) is 0 Å². The maximum atomic E-state index is 4.99. The van der Waals surface area contributed by atoms with Crippen LogP contribution in [0.15, 0.2) is 96.3 Å². The Hall–Kier alpha value is -2.50. The first-order chi connectivity index (χ1) is 17.3. The zero-order chi connectivity index (χ0) is 24.3. The zero-order valence-corrected chi connectivity index (χ0v) is 21.5. The number of quaternary nitrogens is 1. The van der Waals surface area contributed by atoms with Gasteiger partial charge in [-0.1, -0.05) is 97.1 Å². The number of benzene rings is 3. The molecule has 0 spiro atoms. The molecule has 3 aromatic rings. The van der Waals surface area contributed by atoms with E-state index in [0.717, 1.165) is 72.5 Å². The summed E-state index contributed by atoms with van der Waals surface area (Å²) in [6.07, 6.45) is 8.54. The van der Waals surface area contributed by atoms with Gasteiger partial charge in [0.05, 0.1) is 6.54 Å². The van der Waals surface area contributed by atoms with Crippen LogP contribution in [0.2, 0.25) is 0 Å². The number of nitrogens with zero attached hydrogens (tertiary/aromatic N) is 2. The minimum atomic E-state index is 0.728. The molecule has 0 saturated carbocycles. The number of fused-ring (bicyclic) bond motifs is 3. The molecular weight excluding hydrogens is 527 g/mol. The molecule has 4 nitrogen and oxygen atoms in total. The molecular formula is C28H27Cl2CuN4-. The van der Waals surface area contributed by atoms with E-state index in [1.165, 1.54) is 11.1 Å². The van der Waals surface area contributed by atoms with E-state index in [9.17, 15) is 0 Å². The Morgan fingerprint density at radius 2 is 1.17 bits per heavy atom. The fourth-order valence-electron chi connectivity index (χ4n) is 3.99. The molecule has 0 radical (unpaired) electrons. The summed E-state index contributed by atoms with van der Waals surface area (Å²) in [6, 6.07) is 25.3. The van der Waals surface area contributed by atoms with Gasteiger partial charge in [0.15, 0.2) is 0 Å². The fourth-order valence-corrected chi connectivity index (χ4v) is 3.99. The molecule has 35 heavy (non-hydrogen) atoms. The summed E-state index contributed by atoms with van der Waals surface area (Å²) in [5.74, 6) is 0. The third-order valence-corrected chi connectivity index (χ3v) is 5.69. The first-order valence-corrected chi connectivity index (χ1v) is 14.0. The van der Waals surface area contributed by atoms with Crippen molar-refractivity contribution in [3.8, 4) is 0 Å². The number of allylic oxidation sites excluding steroid dienone is 2. The van der Waals surface area contributed by atoms with Crippen molar-refractivity contribution in [2.24, 2.45) is 0 Å². The summed E-state index contributed by atoms with van der Waals surface area (Å²) in [5.41, 5.74) is 6.67. The normalized spacial score (nSPS) is 13.3. The minimum absolute atomic E-state index is 0.728. The molecule has 2 aliphatic heterocycles. The van der Waals surface area contributed by atoms with E-state index in [4.69, 9.17) is 10.6 Å². The van der Waals surface area contributed by atoms with Crippen molar-refractivity contribution in [2.45, 2.75) is 13.1 Å². The van der Waals surface area contributed by atoms with Crippen molar-refractivity contribution in [3.63, 3.8) is 0 Å². The second kappa shape index (κ2) is 13.6.